The standard InChI is InChI=1S/C13H21NO2/c1-10-8-11(2)13(16-4)12(9-10)14(3)6-5-7-15/h8-9,15H,5-7H2,1-4H3. The van der Waals surface area contributed by atoms with Gasteiger partial charge in [0.15, 0.2) is 0 Å². The van der Waals surface area contributed by atoms with Gasteiger partial charge in [0.1, 0.15) is 5.75 Å². The van der Waals surface area contributed by atoms with Crippen LogP contribution in [0.3, 0.4) is 0 Å². The molecule has 0 spiro atoms. The molecule has 90 valence electrons. The van der Waals surface area contributed by atoms with E-state index in [9.17, 15) is 0 Å². The van der Waals surface area contributed by atoms with Gasteiger partial charge in [0.25, 0.3) is 0 Å². The first-order chi connectivity index (χ1) is 7.60. The minimum Gasteiger partial charge on any atom is -0.494 e. The van der Waals surface area contributed by atoms with Crippen molar-refractivity contribution in [1.82, 2.24) is 0 Å². The molecular weight excluding hydrogens is 202 g/mol. The van der Waals surface area contributed by atoms with E-state index in [2.05, 4.69) is 30.9 Å². The summed E-state index contributed by atoms with van der Waals surface area (Å²) >= 11 is 0. The SMILES string of the molecule is COc1c(C)cc(C)cc1N(C)CCCO. The molecule has 0 bridgehead atoms. The van der Waals surface area contributed by atoms with E-state index in [-0.39, 0.29) is 6.61 Å². The Morgan fingerprint density at radius 2 is 2.00 bits per heavy atom. The molecule has 0 radical (unpaired) electrons. The second kappa shape index (κ2) is 5.75. The highest BCUT2D eigenvalue weighted by molar-refractivity contribution is 5.63. The summed E-state index contributed by atoms with van der Waals surface area (Å²) in [6, 6.07) is 4.23. The van der Waals surface area contributed by atoms with Crippen molar-refractivity contribution in [2.45, 2.75) is 20.3 Å². The third-order valence-electron chi connectivity index (χ3n) is 2.67. The van der Waals surface area contributed by atoms with Crippen molar-refractivity contribution in [2.75, 3.05) is 32.2 Å². The number of aliphatic hydroxyl groups excluding tert-OH is 1. The number of ether oxygens (including phenoxy) is 1. The summed E-state index contributed by atoms with van der Waals surface area (Å²) < 4.78 is 5.43. The van der Waals surface area contributed by atoms with Crippen LogP contribution in [-0.4, -0.2) is 32.4 Å². The maximum Gasteiger partial charge on any atom is 0.145 e. The average molecular weight is 223 g/mol. The number of methoxy groups -OCH3 is 1. The van der Waals surface area contributed by atoms with Gasteiger partial charge in [-0.25, -0.2) is 0 Å². The van der Waals surface area contributed by atoms with E-state index >= 15 is 0 Å². The van der Waals surface area contributed by atoms with Crippen LogP contribution in [0.5, 0.6) is 5.75 Å². The van der Waals surface area contributed by atoms with Gasteiger partial charge in [-0.3, -0.25) is 0 Å². The summed E-state index contributed by atoms with van der Waals surface area (Å²) in [5, 5.41) is 8.84. The predicted molar refractivity (Wildman–Crippen MR) is 67.4 cm³/mol. The van der Waals surface area contributed by atoms with Crippen LogP contribution in [0.2, 0.25) is 0 Å². The van der Waals surface area contributed by atoms with Gasteiger partial charge in [-0.15, -0.1) is 0 Å². The van der Waals surface area contributed by atoms with Crippen LogP contribution in [0.25, 0.3) is 0 Å². The molecular formula is C13H21NO2. The minimum atomic E-state index is 0.220. The number of hydrogen-bond donors (Lipinski definition) is 1. The van der Waals surface area contributed by atoms with Crippen molar-refractivity contribution in [3.05, 3.63) is 23.3 Å². The van der Waals surface area contributed by atoms with Crippen LogP contribution in [-0.2, 0) is 0 Å². The number of anilines is 1. The molecule has 0 aliphatic rings. The lowest BCUT2D eigenvalue weighted by Crippen LogP contribution is -2.20. The van der Waals surface area contributed by atoms with E-state index in [1.54, 1.807) is 7.11 Å². The molecule has 1 aromatic carbocycles. The Morgan fingerprint density at radius 3 is 2.56 bits per heavy atom. The van der Waals surface area contributed by atoms with Crippen molar-refractivity contribution in [2.24, 2.45) is 0 Å². The van der Waals surface area contributed by atoms with Crippen LogP contribution in [0, 0.1) is 13.8 Å². The highest BCUT2D eigenvalue weighted by atomic mass is 16.5. The molecule has 3 heteroatoms. The number of rotatable bonds is 5. The third kappa shape index (κ3) is 2.89. The van der Waals surface area contributed by atoms with Gasteiger partial charge in [-0.1, -0.05) is 6.07 Å². The monoisotopic (exact) mass is 223 g/mol. The summed E-state index contributed by atoms with van der Waals surface area (Å²) in [6.07, 6.45) is 0.770. The topological polar surface area (TPSA) is 32.7 Å². The third-order valence-corrected chi connectivity index (χ3v) is 2.67. The fourth-order valence-electron chi connectivity index (χ4n) is 1.91. The molecule has 0 atom stereocenters. The summed E-state index contributed by atoms with van der Waals surface area (Å²) in [7, 11) is 3.72. The Kier molecular flexibility index (Phi) is 4.62. The molecule has 1 aromatic rings. The first-order valence-electron chi connectivity index (χ1n) is 5.57. The van der Waals surface area contributed by atoms with Crippen LogP contribution in [0.4, 0.5) is 5.69 Å². The number of aliphatic hydroxyl groups is 1. The molecule has 3 nitrogen and oxygen atoms in total. The maximum atomic E-state index is 8.84. The zero-order chi connectivity index (χ0) is 12.1. The Balaban J connectivity index is 3.00. The fraction of sp³-hybridized carbons (Fsp3) is 0.538. The van der Waals surface area contributed by atoms with Crippen LogP contribution >= 0.6 is 0 Å². The number of hydrogen-bond acceptors (Lipinski definition) is 3. The summed E-state index contributed by atoms with van der Waals surface area (Å²) in [6.45, 7) is 5.18. The quantitative estimate of drug-likeness (QED) is 0.830. The van der Waals surface area contributed by atoms with Crippen LogP contribution in [0.15, 0.2) is 12.1 Å². The normalized spacial score (nSPS) is 10.3. The second-order valence-corrected chi connectivity index (χ2v) is 4.13. The smallest absolute Gasteiger partial charge is 0.145 e. The maximum absolute atomic E-state index is 8.84. The Labute approximate surface area is 97.7 Å². The van der Waals surface area contributed by atoms with E-state index < -0.39 is 0 Å². The molecule has 0 heterocycles. The average Bonchev–Trinajstić information content (AvgIpc) is 2.24. The largest absolute Gasteiger partial charge is 0.494 e. The first kappa shape index (κ1) is 12.8. The molecule has 0 aliphatic heterocycles. The van der Waals surface area contributed by atoms with E-state index in [1.807, 2.05) is 7.05 Å². The van der Waals surface area contributed by atoms with E-state index in [0.717, 1.165) is 30.0 Å². The molecule has 1 N–H and O–H groups in total. The molecule has 0 amide bonds. The van der Waals surface area contributed by atoms with Gasteiger partial charge in [-0.05, 0) is 37.5 Å². The van der Waals surface area contributed by atoms with Gasteiger partial charge >= 0.3 is 0 Å². The van der Waals surface area contributed by atoms with Gasteiger partial charge in [-0.2, -0.15) is 0 Å². The zero-order valence-electron chi connectivity index (χ0n) is 10.6. The van der Waals surface area contributed by atoms with Crippen molar-refractivity contribution in [3.63, 3.8) is 0 Å². The highest BCUT2D eigenvalue weighted by Gasteiger charge is 2.11. The number of benzene rings is 1. The lowest BCUT2D eigenvalue weighted by atomic mass is 10.1. The van der Waals surface area contributed by atoms with E-state index in [1.165, 1.54) is 5.56 Å². The predicted octanol–water partition coefficient (Wildman–Crippen LogP) is 2.13. The van der Waals surface area contributed by atoms with Crippen molar-refractivity contribution < 1.29 is 9.84 Å². The molecule has 0 fully saturated rings. The molecule has 0 saturated heterocycles. The lowest BCUT2D eigenvalue weighted by molar-refractivity contribution is 0.290. The van der Waals surface area contributed by atoms with Gasteiger partial charge in [0, 0.05) is 20.2 Å². The number of nitrogens with zero attached hydrogens (tertiary/aromatic N) is 1. The van der Waals surface area contributed by atoms with Gasteiger partial charge in [0.2, 0.25) is 0 Å². The van der Waals surface area contributed by atoms with Gasteiger partial charge in [0.05, 0.1) is 12.8 Å². The summed E-state index contributed by atoms with van der Waals surface area (Å²) in [5.41, 5.74) is 3.46. The highest BCUT2D eigenvalue weighted by Crippen LogP contribution is 2.32. The zero-order valence-corrected chi connectivity index (χ0v) is 10.6. The van der Waals surface area contributed by atoms with Crippen LogP contribution in [0.1, 0.15) is 17.5 Å². The Morgan fingerprint density at radius 1 is 1.31 bits per heavy atom. The summed E-state index contributed by atoms with van der Waals surface area (Å²) in [5.74, 6) is 0.922. The van der Waals surface area contributed by atoms with Gasteiger partial charge < -0.3 is 14.7 Å². The summed E-state index contributed by atoms with van der Waals surface area (Å²) in [4.78, 5) is 2.12. The van der Waals surface area contributed by atoms with E-state index in [4.69, 9.17) is 9.84 Å². The molecule has 16 heavy (non-hydrogen) atoms. The number of aryl methyl sites for hydroxylation is 2. The molecule has 0 aromatic heterocycles. The molecule has 1 rings (SSSR count). The molecule has 0 aliphatic carbocycles. The minimum absolute atomic E-state index is 0.220. The molecule has 0 saturated carbocycles. The Bertz CT molecular complexity index is 350. The van der Waals surface area contributed by atoms with Crippen LogP contribution < -0.4 is 9.64 Å². The first-order valence-corrected chi connectivity index (χ1v) is 5.57. The Hall–Kier alpha value is -1.22. The fourth-order valence-corrected chi connectivity index (χ4v) is 1.91. The van der Waals surface area contributed by atoms with Crippen molar-refractivity contribution in [3.8, 4) is 5.75 Å². The van der Waals surface area contributed by atoms with Crippen molar-refractivity contribution >= 4 is 5.69 Å². The van der Waals surface area contributed by atoms with E-state index in [0.29, 0.717) is 0 Å². The lowest BCUT2D eigenvalue weighted by Gasteiger charge is -2.23. The second-order valence-electron chi connectivity index (χ2n) is 4.13. The molecule has 0 unspecified atom stereocenters. The van der Waals surface area contributed by atoms with Crippen molar-refractivity contribution in [1.29, 1.82) is 0 Å².